The van der Waals surface area contributed by atoms with Crippen molar-refractivity contribution in [1.82, 2.24) is 0 Å². The molecule has 0 fully saturated rings. The number of para-hydroxylation sites is 1. The summed E-state index contributed by atoms with van der Waals surface area (Å²) in [5.41, 5.74) is 0.976. The van der Waals surface area contributed by atoms with Crippen LogP contribution in [0.1, 0.15) is 6.92 Å². The van der Waals surface area contributed by atoms with E-state index in [1.807, 2.05) is 37.3 Å². The first-order valence-corrected chi connectivity index (χ1v) is 4.46. The Morgan fingerprint density at radius 1 is 1.14 bits per heavy atom. The molecule has 0 saturated carbocycles. The van der Waals surface area contributed by atoms with E-state index in [2.05, 4.69) is 13.2 Å². The van der Waals surface area contributed by atoms with Crippen LogP contribution in [0.15, 0.2) is 67.0 Å². The maximum Gasteiger partial charge on any atom is 0.129 e. The molecule has 0 aliphatic rings. The summed E-state index contributed by atoms with van der Waals surface area (Å²) in [6, 6.07) is 9.61. The van der Waals surface area contributed by atoms with Crippen LogP contribution in [0.4, 0.5) is 0 Å². The summed E-state index contributed by atoms with van der Waals surface area (Å²) in [5.74, 6) is 1.55. The lowest BCUT2D eigenvalue weighted by Crippen LogP contribution is -1.94. The molecule has 0 bridgehead atoms. The van der Waals surface area contributed by atoms with Gasteiger partial charge in [0.05, 0.1) is 0 Å². The first kappa shape index (κ1) is 10.3. The van der Waals surface area contributed by atoms with E-state index in [1.54, 1.807) is 12.2 Å². The molecule has 0 N–H and O–H groups in total. The Morgan fingerprint density at radius 2 is 1.79 bits per heavy atom. The van der Waals surface area contributed by atoms with Crippen molar-refractivity contribution in [2.24, 2.45) is 0 Å². The summed E-state index contributed by atoms with van der Waals surface area (Å²) >= 11 is 0. The summed E-state index contributed by atoms with van der Waals surface area (Å²) in [7, 11) is 0. The van der Waals surface area contributed by atoms with Crippen molar-refractivity contribution >= 4 is 0 Å². The van der Waals surface area contributed by atoms with Crippen LogP contribution in [0.5, 0.6) is 5.75 Å². The van der Waals surface area contributed by atoms with E-state index in [-0.39, 0.29) is 0 Å². The van der Waals surface area contributed by atoms with Gasteiger partial charge in [0.15, 0.2) is 0 Å². The van der Waals surface area contributed by atoms with Gasteiger partial charge >= 0.3 is 0 Å². The number of hydrogen-bond donors (Lipinski definition) is 0. The average molecular weight is 186 g/mol. The van der Waals surface area contributed by atoms with E-state index >= 15 is 0 Å². The van der Waals surface area contributed by atoms with Crippen molar-refractivity contribution in [2.75, 3.05) is 0 Å². The lowest BCUT2D eigenvalue weighted by Gasteiger charge is -2.07. The van der Waals surface area contributed by atoms with Gasteiger partial charge in [-0.15, -0.1) is 0 Å². The Morgan fingerprint density at radius 3 is 2.29 bits per heavy atom. The highest BCUT2D eigenvalue weighted by atomic mass is 16.5. The maximum absolute atomic E-state index is 5.61. The van der Waals surface area contributed by atoms with Crippen LogP contribution in [-0.4, -0.2) is 0 Å². The van der Waals surface area contributed by atoms with Crippen LogP contribution in [0.25, 0.3) is 0 Å². The molecule has 1 rings (SSSR count). The number of ether oxygens (including phenoxy) is 1. The molecule has 0 aliphatic carbocycles. The number of benzene rings is 1. The fourth-order valence-corrected chi connectivity index (χ4v) is 0.999. The van der Waals surface area contributed by atoms with E-state index in [4.69, 9.17) is 4.74 Å². The van der Waals surface area contributed by atoms with Gasteiger partial charge in [0.2, 0.25) is 0 Å². The molecule has 1 aromatic rings. The Labute approximate surface area is 85.0 Å². The maximum atomic E-state index is 5.61. The first-order valence-electron chi connectivity index (χ1n) is 4.46. The van der Waals surface area contributed by atoms with E-state index in [1.165, 1.54) is 0 Å². The number of hydrogen-bond acceptors (Lipinski definition) is 1. The minimum absolute atomic E-state index is 0.742. The third-order valence-corrected chi connectivity index (χ3v) is 1.85. The van der Waals surface area contributed by atoms with Crippen molar-refractivity contribution in [3.63, 3.8) is 0 Å². The van der Waals surface area contributed by atoms with E-state index < -0.39 is 0 Å². The fourth-order valence-electron chi connectivity index (χ4n) is 0.999. The molecule has 0 heterocycles. The Hall–Kier alpha value is -1.76. The molecule has 0 amide bonds. The zero-order valence-electron chi connectivity index (χ0n) is 8.36. The van der Waals surface area contributed by atoms with Crippen molar-refractivity contribution in [1.29, 1.82) is 0 Å². The molecule has 0 saturated heterocycles. The molecule has 0 unspecified atom stereocenters. The van der Waals surface area contributed by atoms with Crippen LogP contribution in [0, 0.1) is 0 Å². The summed E-state index contributed by atoms with van der Waals surface area (Å²) in [6.45, 7) is 9.32. The topological polar surface area (TPSA) is 9.23 Å². The Bertz CT molecular complexity index is 347. The minimum atomic E-state index is 0.742. The largest absolute Gasteiger partial charge is 0.457 e. The second-order valence-electron chi connectivity index (χ2n) is 2.87. The van der Waals surface area contributed by atoms with Gasteiger partial charge in [0.1, 0.15) is 11.5 Å². The van der Waals surface area contributed by atoms with Crippen LogP contribution >= 0.6 is 0 Å². The van der Waals surface area contributed by atoms with E-state index in [9.17, 15) is 0 Å². The van der Waals surface area contributed by atoms with Gasteiger partial charge in [-0.25, -0.2) is 0 Å². The van der Waals surface area contributed by atoms with Crippen LogP contribution in [-0.2, 0) is 0 Å². The van der Waals surface area contributed by atoms with Crippen LogP contribution in [0.3, 0.4) is 0 Å². The van der Waals surface area contributed by atoms with Crippen molar-refractivity contribution in [3.8, 4) is 5.75 Å². The highest BCUT2D eigenvalue weighted by Crippen LogP contribution is 2.15. The van der Waals surface area contributed by atoms with Gasteiger partial charge in [-0.2, -0.15) is 0 Å². The van der Waals surface area contributed by atoms with Crippen LogP contribution < -0.4 is 4.74 Å². The monoisotopic (exact) mass is 186 g/mol. The third-order valence-electron chi connectivity index (χ3n) is 1.85. The summed E-state index contributed by atoms with van der Waals surface area (Å²) in [4.78, 5) is 0. The van der Waals surface area contributed by atoms with Gasteiger partial charge in [-0.05, 0) is 30.7 Å². The molecule has 72 valence electrons. The summed E-state index contributed by atoms with van der Waals surface area (Å²) in [5, 5.41) is 0. The molecule has 0 atom stereocenters. The Kier molecular flexibility index (Phi) is 3.74. The highest BCUT2D eigenvalue weighted by Gasteiger charge is 1.98. The van der Waals surface area contributed by atoms with Crippen LogP contribution in [0.2, 0.25) is 0 Å². The van der Waals surface area contributed by atoms with Crippen molar-refractivity contribution in [3.05, 3.63) is 67.0 Å². The smallest absolute Gasteiger partial charge is 0.129 e. The molecule has 0 spiro atoms. The molecular formula is C13H14O. The van der Waals surface area contributed by atoms with E-state index in [0.717, 1.165) is 17.1 Å². The SMILES string of the molecule is C=C/C(C)=C(\C=C)Oc1ccccc1. The summed E-state index contributed by atoms with van der Waals surface area (Å²) in [6.07, 6.45) is 3.43. The second-order valence-corrected chi connectivity index (χ2v) is 2.87. The molecule has 1 nitrogen and oxygen atoms in total. The standard InChI is InChI=1S/C13H14O/c1-4-11(3)13(5-2)14-12-9-7-6-8-10-12/h4-10H,1-2H2,3H3/b13-11+. The van der Waals surface area contributed by atoms with Crippen molar-refractivity contribution < 1.29 is 4.74 Å². The van der Waals surface area contributed by atoms with Gasteiger partial charge < -0.3 is 4.74 Å². The highest BCUT2D eigenvalue weighted by molar-refractivity contribution is 5.31. The van der Waals surface area contributed by atoms with Crippen molar-refractivity contribution in [2.45, 2.75) is 6.92 Å². The molecule has 0 radical (unpaired) electrons. The van der Waals surface area contributed by atoms with Gasteiger partial charge in [0.25, 0.3) is 0 Å². The van der Waals surface area contributed by atoms with Gasteiger partial charge in [-0.3, -0.25) is 0 Å². The zero-order valence-corrected chi connectivity index (χ0v) is 8.36. The fraction of sp³-hybridized carbons (Fsp3) is 0.0769. The van der Waals surface area contributed by atoms with E-state index in [0.29, 0.717) is 0 Å². The first-order chi connectivity index (χ1) is 6.77. The third kappa shape index (κ3) is 2.63. The molecule has 1 heteroatoms. The molecule has 0 aliphatic heterocycles. The molecule has 14 heavy (non-hydrogen) atoms. The lowest BCUT2D eigenvalue weighted by molar-refractivity contribution is 0.440. The predicted molar refractivity (Wildman–Crippen MR) is 60.2 cm³/mol. The van der Waals surface area contributed by atoms with Gasteiger partial charge in [0, 0.05) is 0 Å². The number of rotatable bonds is 4. The summed E-state index contributed by atoms with van der Waals surface area (Å²) < 4.78 is 5.61. The zero-order chi connectivity index (χ0) is 10.4. The molecule has 1 aromatic carbocycles. The Balaban J connectivity index is 2.87. The lowest BCUT2D eigenvalue weighted by atomic mass is 10.2. The molecular weight excluding hydrogens is 172 g/mol. The van der Waals surface area contributed by atoms with Gasteiger partial charge in [-0.1, -0.05) is 37.4 Å². The minimum Gasteiger partial charge on any atom is -0.457 e. The second kappa shape index (κ2) is 5.07. The quantitative estimate of drug-likeness (QED) is 0.514. The molecule has 0 aromatic heterocycles. The normalized spacial score (nSPS) is 11.5. The predicted octanol–water partition coefficient (Wildman–Crippen LogP) is 3.71. The number of allylic oxidation sites excluding steroid dienone is 3. The average Bonchev–Trinajstić information content (AvgIpc) is 2.26.